The highest BCUT2D eigenvalue weighted by Gasteiger charge is 2.24. The average molecular weight is 331 g/mol. The monoisotopic (exact) mass is 331 g/mol. The third kappa shape index (κ3) is 3.52. The molecule has 0 amide bonds. The number of aliphatic hydroxyl groups excluding tert-OH is 1. The van der Waals surface area contributed by atoms with Crippen LogP contribution in [-0.2, 0) is 5.54 Å². The van der Waals surface area contributed by atoms with Crippen molar-refractivity contribution in [1.29, 1.82) is 0 Å². The maximum atomic E-state index is 13.8. The minimum atomic E-state index is -0.914. The van der Waals surface area contributed by atoms with Crippen molar-refractivity contribution in [2.24, 2.45) is 0 Å². The first-order chi connectivity index (χ1) is 11.5. The summed E-state index contributed by atoms with van der Waals surface area (Å²) in [5.41, 5.74) is 0.887. The van der Waals surface area contributed by atoms with Crippen molar-refractivity contribution in [3.05, 3.63) is 59.4 Å². The molecule has 2 N–H and O–H groups in total. The molecule has 0 saturated carbocycles. The Kier molecular flexibility index (Phi) is 4.73. The van der Waals surface area contributed by atoms with Gasteiger partial charge >= 0.3 is 0 Å². The zero-order valence-corrected chi connectivity index (χ0v) is 13.9. The van der Waals surface area contributed by atoms with Crippen molar-refractivity contribution < 1.29 is 19.0 Å². The van der Waals surface area contributed by atoms with Crippen LogP contribution < -0.4 is 14.8 Å². The third-order valence-corrected chi connectivity index (χ3v) is 4.27. The van der Waals surface area contributed by atoms with E-state index in [1.807, 2.05) is 32.0 Å². The summed E-state index contributed by atoms with van der Waals surface area (Å²) in [7, 11) is 0. The second-order valence-electron chi connectivity index (χ2n) is 6.40. The Morgan fingerprint density at radius 1 is 1.12 bits per heavy atom. The van der Waals surface area contributed by atoms with Crippen LogP contribution in [0.4, 0.5) is 4.39 Å². The van der Waals surface area contributed by atoms with Crippen LogP contribution in [0, 0.1) is 5.82 Å². The van der Waals surface area contributed by atoms with Gasteiger partial charge in [0.1, 0.15) is 19.0 Å². The van der Waals surface area contributed by atoms with Crippen LogP contribution in [0.5, 0.6) is 11.5 Å². The van der Waals surface area contributed by atoms with Crippen LogP contribution in [0.15, 0.2) is 42.5 Å². The van der Waals surface area contributed by atoms with E-state index in [9.17, 15) is 9.50 Å². The van der Waals surface area contributed by atoms with Crippen molar-refractivity contribution >= 4 is 0 Å². The number of ether oxygens (including phenoxy) is 2. The van der Waals surface area contributed by atoms with Crippen molar-refractivity contribution in [2.45, 2.75) is 25.5 Å². The molecule has 4 nitrogen and oxygen atoms in total. The van der Waals surface area contributed by atoms with E-state index in [0.29, 0.717) is 18.8 Å². The minimum Gasteiger partial charge on any atom is -0.486 e. The molecule has 0 spiro atoms. The zero-order chi connectivity index (χ0) is 17.2. The highest BCUT2D eigenvalue weighted by Crippen LogP contribution is 2.34. The largest absolute Gasteiger partial charge is 0.486 e. The van der Waals surface area contributed by atoms with Crippen molar-refractivity contribution in [2.75, 3.05) is 19.8 Å². The third-order valence-electron chi connectivity index (χ3n) is 4.27. The quantitative estimate of drug-likeness (QED) is 0.884. The molecule has 24 heavy (non-hydrogen) atoms. The minimum absolute atomic E-state index is 0.238. The Morgan fingerprint density at radius 3 is 2.58 bits per heavy atom. The fourth-order valence-electron chi connectivity index (χ4n) is 2.74. The Labute approximate surface area is 141 Å². The summed E-state index contributed by atoms with van der Waals surface area (Å²) < 4.78 is 24.9. The van der Waals surface area contributed by atoms with Gasteiger partial charge in [-0.25, -0.2) is 4.39 Å². The van der Waals surface area contributed by atoms with Gasteiger partial charge in [0.15, 0.2) is 11.5 Å². The van der Waals surface area contributed by atoms with E-state index in [1.54, 1.807) is 18.2 Å². The van der Waals surface area contributed by atoms with E-state index in [-0.39, 0.29) is 6.54 Å². The van der Waals surface area contributed by atoms with Gasteiger partial charge < -0.3 is 19.9 Å². The summed E-state index contributed by atoms with van der Waals surface area (Å²) in [6.07, 6.45) is -0.914. The van der Waals surface area contributed by atoms with Gasteiger partial charge in [-0.05, 0) is 37.6 Å². The smallest absolute Gasteiger partial charge is 0.161 e. The Hall–Kier alpha value is -2.11. The van der Waals surface area contributed by atoms with E-state index < -0.39 is 17.5 Å². The lowest BCUT2D eigenvalue weighted by Crippen LogP contribution is -2.39. The number of fused-ring (bicyclic) bond motifs is 1. The van der Waals surface area contributed by atoms with Crippen LogP contribution >= 0.6 is 0 Å². The molecule has 5 heteroatoms. The van der Waals surface area contributed by atoms with E-state index >= 15 is 0 Å². The second-order valence-corrected chi connectivity index (χ2v) is 6.40. The Balaban J connectivity index is 1.71. The van der Waals surface area contributed by atoms with E-state index in [2.05, 4.69) is 5.32 Å². The van der Waals surface area contributed by atoms with Gasteiger partial charge in [0.05, 0.1) is 6.10 Å². The summed E-state index contributed by atoms with van der Waals surface area (Å²) in [4.78, 5) is 0. The molecule has 2 aromatic carbocycles. The topological polar surface area (TPSA) is 50.7 Å². The Morgan fingerprint density at radius 2 is 1.83 bits per heavy atom. The number of nitrogens with one attached hydrogen (secondary N) is 1. The van der Waals surface area contributed by atoms with Crippen LogP contribution in [-0.4, -0.2) is 24.9 Å². The van der Waals surface area contributed by atoms with E-state index in [0.717, 1.165) is 17.1 Å². The molecule has 0 fully saturated rings. The van der Waals surface area contributed by atoms with Gasteiger partial charge in [-0.3, -0.25) is 0 Å². The van der Waals surface area contributed by atoms with Gasteiger partial charge in [-0.1, -0.05) is 24.3 Å². The molecular weight excluding hydrogens is 309 g/mol. The van der Waals surface area contributed by atoms with Crippen LogP contribution in [0.3, 0.4) is 0 Å². The lowest BCUT2D eigenvalue weighted by atomic mass is 9.93. The molecule has 1 aliphatic heterocycles. The predicted molar refractivity (Wildman–Crippen MR) is 89.8 cm³/mol. The van der Waals surface area contributed by atoms with E-state index in [4.69, 9.17) is 9.47 Å². The first-order valence-corrected chi connectivity index (χ1v) is 8.05. The fourth-order valence-corrected chi connectivity index (χ4v) is 2.74. The first kappa shape index (κ1) is 16.7. The summed E-state index contributed by atoms with van der Waals surface area (Å²) in [6.45, 7) is 5.35. The maximum Gasteiger partial charge on any atom is 0.161 e. The number of hydrogen-bond donors (Lipinski definition) is 2. The SMILES string of the molecule is CC(C)(NCC(O)c1ccccc1F)c1ccc2c(c1)OCCO2. The van der Waals surface area contributed by atoms with Crippen LogP contribution in [0.1, 0.15) is 31.1 Å². The molecule has 0 radical (unpaired) electrons. The average Bonchev–Trinajstić information content (AvgIpc) is 2.60. The summed E-state index contributed by atoms with van der Waals surface area (Å²) >= 11 is 0. The summed E-state index contributed by atoms with van der Waals surface area (Å²) in [5, 5.41) is 13.6. The van der Waals surface area contributed by atoms with Crippen molar-refractivity contribution in [3.8, 4) is 11.5 Å². The van der Waals surface area contributed by atoms with Crippen LogP contribution in [0.2, 0.25) is 0 Å². The number of rotatable bonds is 5. The molecule has 1 atom stereocenters. The molecule has 2 aromatic rings. The first-order valence-electron chi connectivity index (χ1n) is 8.05. The molecule has 1 heterocycles. The molecule has 0 bridgehead atoms. The van der Waals surface area contributed by atoms with Gasteiger partial charge in [-0.15, -0.1) is 0 Å². The molecule has 0 saturated heterocycles. The molecular formula is C19H22FNO3. The molecule has 1 unspecified atom stereocenters. The number of benzene rings is 2. The molecule has 128 valence electrons. The lowest BCUT2D eigenvalue weighted by molar-refractivity contribution is 0.156. The van der Waals surface area contributed by atoms with Crippen molar-refractivity contribution in [1.82, 2.24) is 5.32 Å². The Bertz CT molecular complexity index is 718. The van der Waals surface area contributed by atoms with Crippen LogP contribution in [0.25, 0.3) is 0 Å². The number of aliphatic hydroxyl groups is 1. The summed E-state index contributed by atoms with van der Waals surface area (Å²) in [5.74, 6) is 1.07. The highest BCUT2D eigenvalue weighted by molar-refractivity contribution is 5.45. The fraction of sp³-hybridized carbons (Fsp3) is 0.368. The van der Waals surface area contributed by atoms with Gasteiger partial charge in [0, 0.05) is 17.6 Å². The molecule has 0 aromatic heterocycles. The van der Waals surface area contributed by atoms with Crippen molar-refractivity contribution in [3.63, 3.8) is 0 Å². The van der Waals surface area contributed by atoms with Gasteiger partial charge in [-0.2, -0.15) is 0 Å². The number of halogens is 1. The molecule has 1 aliphatic rings. The number of hydrogen-bond acceptors (Lipinski definition) is 4. The maximum absolute atomic E-state index is 13.8. The van der Waals surface area contributed by atoms with Gasteiger partial charge in [0.25, 0.3) is 0 Å². The highest BCUT2D eigenvalue weighted by atomic mass is 19.1. The zero-order valence-electron chi connectivity index (χ0n) is 13.9. The standard InChI is InChI=1S/C19H22FNO3/c1-19(2,13-7-8-17-18(11-13)24-10-9-23-17)21-12-16(22)14-5-3-4-6-15(14)20/h3-8,11,16,21-22H,9-10,12H2,1-2H3. The molecule has 0 aliphatic carbocycles. The predicted octanol–water partition coefficient (Wildman–Crippen LogP) is 3.16. The summed E-state index contributed by atoms with van der Waals surface area (Å²) in [6, 6.07) is 12.1. The lowest BCUT2D eigenvalue weighted by Gasteiger charge is -2.30. The van der Waals surface area contributed by atoms with Gasteiger partial charge in [0.2, 0.25) is 0 Å². The second kappa shape index (κ2) is 6.79. The van der Waals surface area contributed by atoms with E-state index in [1.165, 1.54) is 6.07 Å². The normalized spacial score (nSPS) is 15.2. The molecule has 3 rings (SSSR count).